The first-order valence-corrected chi connectivity index (χ1v) is 8.22. The maximum absolute atomic E-state index is 9.51. The fraction of sp³-hybridized carbons (Fsp3) is 0. The van der Waals surface area contributed by atoms with Gasteiger partial charge in [0, 0.05) is 16.7 Å². The Labute approximate surface area is 147 Å². The van der Waals surface area contributed by atoms with E-state index in [1.54, 1.807) is 12.1 Å². The Kier molecular flexibility index (Phi) is 4.01. The molecule has 4 rings (SSSR count). The van der Waals surface area contributed by atoms with Crippen LogP contribution in [0.3, 0.4) is 0 Å². The minimum absolute atomic E-state index is 0.257. The quantitative estimate of drug-likeness (QED) is 0.518. The highest BCUT2D eigenvalue weighted by atomic mass is 16.3. The lowest BCUT2D eigenvalue weighted by Gasteiger charge is -2.12. The summed E-state index contributed by atoms with van der Waals surface area (Å²) in [5.74, 6) is 0.257. The zero-order chi connectivity index (χ0) is 17.1. The molecule has 0 saturated carbocycles. The van der Waals surface area contributed by atoms with E-state index in [4.69, 9.17) is 4.98 Å². The van der Waals surface area contributed by atoms with Gasteiger partial charge in [0.15, 0.2) is 0 Å². The van der Waals surface area contributed by atoms with Crippen molar-refractivity contribution in [3.8, 4) is 39.4 Å². The van der Waals surface area contributed by atoms with Crippen LogP contribution in [0.5, 0.6) is 5.75 Å². The molecule has 0 unspecified atom stereocenters. The van der Waals surface area contributed by atoms with Gasteiger partial charge in [-0.15, -0.1) is 0 Å². The molecule has 0 aliphatic carbocycles. The molecule has 0 aliphatic rings. The molecule has 4 aromatic rings. The second-order valence-corrected chi connectivity index (χ2v) is 5.87. The van der Waals surface area contributed by atoms with Gasteiger partial charge in [0.1, 0.15) is 5.75 Å². The predicted octanol–water partition coefficient (Wildman–Crippen LogP) is 5.79. The highest BCUT2D eigenvalue weighted by Gasteiger charge is 2.11. The summed E-state index contributed by atoms with van der Waals surface area (Å²) >= 11 is 0. The van der Waals surface area contributed by atoms with E-state index in [1.165, 1.54) is 0 Å². The van der Waals surface area contributed by atoms with Crippen molar-refractivity contribution in [1.29, 1.82) is 0 Å². The molecule has 0 radical (unpaired) electrons. The summed E-state index contributed by atoms with van der Waals surface area (Å²) < 4.78 is 0. The normalized spacial score (nSPS) is 10.6. The van der Waals surface area contributed by atoms with Crippen molar-refractivity contribution in [1.82, 2.24) is 4.98 Å². The number of nitrogens with zero attached hydrogens (tertiary/aromatic N) is 1. The molecular weight excluding hydrogens is 306 g/mol. The van der Waals surface area contributed by atoms with Crippen molar-refractivity contribution in [3.63, 3.8) is 0 Å². The third-order valence-electron chi connectivity index (χ3n) is 4.19. The van der Waals surface area contributed by atoms with Crippen molar-refractivity contribution in [2.45, 2.75) is 0 Å². The lowest BCUT2D eigenvalue weighted by molar-refractivity contribution is 0.475. The fourth-order valence-electron chi connectivity index (χ4n) is 2.92. The molecule has 0 aliphatic heterocycles. The van der Waals surface area contributed by atoms with Gasteiger partial charge in [-0.2, -0.15) is 0 Å². The van der Waals surface area contributed by atoms with E-state index < -0.39 is 0 Å². The van der Waals surface area contributed by atoms with Gasteiger partial charge in [0.25, 0.3) is 0 Å². The summed E-state index contributed by atoms with van der Waals surface area (Å²) in [6.07, 6.45) is 0. The largest absolute Gasteiger partial charge is 0.508 e. The number of rotatable bonds is 3. The lowest BCUT2D eigenvalue weighted by Crippen LogP contribution is -1.92. The summed E-state index contributed by atoms with van der Waals surface area (Å²) in [7, 11) is 0. The van der Waals surface area contributed by atoms with Gasteiger partial charge in [-0.3, -0.25) is 0 Å². The molecule has 3 aromatic carbocycles. The number of benzene rings is 3. The standard InChI is InChI=1S/C23H17NO/c25-20-13-11-18(12-14-20)22-16-15-21(17-7-3-1-4-8-17)23(24-22)19-9-5-2-6-10-19/h1-16,25H. The van der Waals surface area contributed by atoms with Gasteiger partial charge in [0.05, 0.1) is 11.4 Å². The monoisotopic (exact) mass is 323 g/mol. The molecule has 0 atom stereocenters. The van der Waals surface area contributed by atoms with E-state index >= 15 is 0 Å². The Balaban J connectivity index is 1.90. The van der Waals surface area contributed by atoms with Crippen molar-refractivity contribution in [2.75, 3.05) is 0 Å². The van der Waals surface area contributed by atoms with Crippen LogP contribution in [0, 0.1) is 0 Å². The summed E-state index contributed by atoms with van der Waals surface area (Å²) in [6.45, 7) is 0. The van der Waals surface area contributed by atoms with Crippen molar-refractivity contribution < 1.29 is 5.11 Å². The van der Waals surface area contributed by atoms with Crippen molar-refractivity contribution in [3.05, 3.63) is 97.1 Å². The molecule has 1 heterocycles. The highest BCUT2D eigenvalue weighted by Crippen LogP contribution is 2.33. The second kappa shape index (κ2) is 6.62. The first kappa shape index (κ1) is 15.2. The molecule has 0 bridgehead atoms. The van der Waals surface area contributed by atoms with Crippen LogP contribution < -0.4 is 0 Å². The first-order valence-electron chi connectivity index (χ1n) is 8.22. The Morgan fingerprint density at radius 2 is 1.12 bits per heavy atom. The number of aromatic hydroxyl groups is 1. The molecule has 1 N–H and O–H groups in total. The molecule has 0 amide bonds. The van der Waals surface area contributed by atoms with Crippen LogP contribution in [0.15, 0.2) is 97.1 Å². The number of hydrogen-bond donors (Lipinski definition) is 1. The van der Waals surface area contributed by atoms with Crippen LogP contribution in [0.4, 0.5) is 0 Å². The SMILES string of the molecule is Oc1ccc(-c2ccc(-c3ccccc3)c(-c3ccccc3)n2)cc1. The van der Waals surface area contributed by atoms with Gasteiger partial charge in [-0.25, -0.2) is 4.98 Å². The third kappa shape index (κ3) is 3.15. The van der Waals surface area contributed by atoms with Crippen LogP contribution in [0.25, 0.3) is 33.6 Å². The smallest absolute Gasteiger partial charge is 0.115 e. The van der Waals surface area contributed by atoms with Gasteiger partial charge < -0.3 is 5.11 Å². The maximum atomic E-state index is 9.51. The second-order valence-electron chi connectivity index (χ2n) is 5.87. The first-order chi connectivity index (χ1) is 12.3. The maximum Gasteiger partial charge on any atom is 0.115 e. The molecule has 120 valence electrons. The number of pyridine rings is 1. The molecule has 25 heavy (non-hydrogen) atoms. The van der Waals surface area contributed by atoms with E-state index in [0.29, 0.717) is 0 Å². The molecule has 2 heteroatoms. The Morgan fingerprint density at radius 3 is 1.76 bits per heavy atom. The number of hydrogen-bond acceptors (Lipinski definition) is 2. The fourth-order valence-corrected chi connectivity index (χ4v) is 2.92. The summed E-state index contributed by atoms with van der Waals surface area (Å²) in [5.41, 5.74) is 6.16. The zero-order valence-corrected chi connectivity index (χ0v) is 13.6. The highest BCUT2D eigenvalue weighted by molar-refractivity contribution is 5.82. The lowest BCUT2D eigenvalue weighted by atomic mass is 9.98. The van der Waals surface area contributed by atoms with E-state index in [2.05, 4.69) is 30.3 Å². The predicted molar refractivity (Wildman–Crippen MR) is 102 cm³/mol. The van der Waals surface area contributed by atoms with Gasteiger partial charge in [-0.1, -0.05) is 66.7 Å². The topological polar surface area (TPSA) is 33.1 Å². The van der Waals surface area contributed by atoms with Gasteiger partial charge in [0.2, 0.25) is 0 Å². The molecular formula is C23H17NO. The minimum atomic E-state index is 0.257. The van der Waals surface area contributed by atoms with E-state index in [1.807, 2.05) is 54.6 Å². The van der Waals surface area contributed by atoms with Crippen molar-refractivity contribution >= 4 is 0 Å². The Hall–Kier alpha value is -3.39. The average molecular weight is 323 g/mol. The van der Waals surface area contributed by atoms with Gasteiger partial charge >= 0.3 is 0 Å². The summed E-state index contributed by atoms with van der Waals surface area (Å²) in [6, 6.07) is 31.8. The van der Waals surface area contributed by atoms with Crippen LogP contribution in [0.2, 0.25) is 0 Å². The van der Waals surface area contributed by atoms with E-state index in [9.17, 15) is 5.11 Å². The summed E-state index contributed by atoms with van der Waals surface area (Å²) in [5, 5.41) is 9.51. The van der Waals surface area contributed by atoms with Gasteiger partial charge in [-0.05, 0) is 35.9 Å². The van der Waals surface area contributed by atoms with Crippen molar-refractivity contribution in [2.24, 2.45) is 0 Å². The van der Waals surface area contributed by atoms with E-state index in [-0.39, 0.29) is 5.75 Å². The number of aromatic nitrogens is 1. The van der Waals surface area contributed by atoms with E-state index in [0.717, 1.165) is 33.6 Å². The average Bonchev–Trinajstić information content (AvgIpc) is 2.69. The molecule has 0 fully saturated rings. The molecule has 1 aromatic heterocycles. The number of phenols is 1. The Bertz CT molecular complexity index is 977. The molecule has 0 saturated heterocycles. The molecule has 2 nitrogen and oxygen atoms in total. The Morgan fingerprint density at radius 1 is 0.520 bits per heavy atom. The number of phenolic OH excluding ortho intramolecular Hbond substituents is 1. The summed E-state index contributed by atoms with van der Waals surface area (Å²) in [4.78, 5) is 4.94. The molecule has 0 spiro atoms. The van der Waals surface area contributed by atoms with Crippen LogP contribution >= 0.6 is 0 Å². The van der Waals surface area contributed by atoms with Crippen LogP contribution in [0.1, 0.15) is 0 Å². The minimum Gasteiger partial charge on any atom is -0.508 e. The van der Waals surface area contributed by atoms with Crippen LogP contribution in [-0.2, 0) is 0 Å². The third-order valence-corrected chi connectivity index (χ3v) is 4.19. The zero-order valence-electron chi connectivity index (χ0n) is 13.6. The van der Waals surface area contributed by atoms with Crippen LogP contribution in [-0.4, -0.2) is 10.1 Å².